The first-order chi connectivity index (χ1) is 5.46. The number of nitrogens with two attached hydrogens (primary N) is 1. The van der Waals surface area contributed by atoms with Gasteiger partial charge in [-0.05, 0) is 6.92 Å². The summed E-state index contributed by atoms with van der Waals surface area (Å²) in [5.41, 5.74) is 5.70. The Balaban J connectivity index is 3.60. The lowest BCUT2D eigenvalue weighted by molar-refractivity contribution is 0.0909. The third kappa shape index (κ3) is 0.939. The van der Waals surface area contributed by atoms with Gasteiger partial charge in [0.05, 0.1) is 5.56 Å². The van der Waals surface area contributed by atoms with E-state index in [1.54, 1.807) is 6.92 Å². The molecule has 66 valence electrons. The van der Waals surface area contributed by atoms with Crippen molar-refractivity contribution in [2.24, 2.45) is 7.05 Å². The van der Waals surface area contributed by atoms with Gasteiger partial charge in [0.2, 0.25) is 5.91 Å². The summed E-state index contributed by atoms with van der Waals surface area (Å²) in [4.78, 5) is 22.2. The van der Waals surface area contributed by atoms with E-state index in [9.17, 15) is 9.59 Å². The van der Waals surface area contributed by atoms with Gasteiger partial charge >= 0.3 is 0 Å². The summed E-state index contributed by atoms with van der Waals surface area (Å²) >= 11 is 0. The van der Waals surface area contributed by atoms with Gasteiger partial charge in [-0.1, -0.05) is 0 Å². The van der Waals surface area contributed by atoms with E-state index in [2.05, 4.69) is 0 Å². The van der Waals surface area contributed by atoms with Crippen LogP contribution in [0.5, 0.6) is 0 Å². The van der Waals surface area contributed by atoms with E-state index in [4.69, 9.17) is 5.73 Å². The third-order valence-electron chi connectivity index (χ3n) is 1.83. The van der Waals surface area contributed by atoms with Gasteiger partial charge in [-0.15, -0.1) is 0 Å². The number of aromatic nitrogens is 2. The van der Waals surface area contributed by atoms with Gasteiger partial charge in [-0.3, -0.25) is 9.59 Å². The van der Waals surface area contributed by atoms with Gasteiger partial charge in [-0.2, -0.15) is 0 Å². The van der Waals surface area contributed by atoms with Gasteiger partial charge in [-0.25, -0.2) is 9.36 Å². The summed E-state index contributed by atoms with van der Waals surface area (Å²) in [6.45, 7) is 2.95. The highest BCUT2D eigenvalue weighted by Gasteiger charge is 2.13. The molecule has 1 aromatic heterocycles. The summed E-state index contributed by atoms with van der Waals surface area (Å²) in [6, 6.07) is 0. The number of carbonyl (C=O) groups excluding carboxylic acids is 1. The highest BCUT2D eigenvalue weighted by Crippen LogP contribution is 2.05. The molecule has 0 atom stereocenters. The van der Waals surface area contributed by atoms with Crippen LogP contribution in [0.3, 0.4) is 0 Å². The first-order valence-corrected chi connectivity index (χ1v) is 3.51. The molecule has 0 aliphatic heterocycles. The molecule has 0 aliphatic rings. The molecule has 1 heterocycles. The van der Waals surface area contributed by atoms with Crippen LogP contribution in [-0.4, -0.2) is 15.3 Å². The minimum absolute atomic E-state index is 0.218. The lowest BCUT2D eigenvalue weighted by Gasteiger charge is -2.02. The van der Waals surface area contributed by atoms with Crippen LogP contribution in [-0.2, 0) is 7.05 Å². The van der Waals surface area contributed by atoms with Crippen LogP contribution < -0.4 is 11.3 Å². The first-order valence-electron chi connectivity index (χ1n) is 3.51. The Morgan fingerprint density at radius 2 is 2.00 bits per heavy atom. The Hall–Kier alpha value is -1.52. The number of rotatable bonds is 0. The fourth-order valence-electron chi connectivity index (χ4n) is 1.14. The second kappa shape index (κ2) is 2.51. The van der Waals surface area contributed by atoms with Crippen molar-refractivity contribution < 1.29 is 4.79 Å². The summed E-state index contributed by atoms with van der Waals surface area (Å²) in [5, 5.41) is 0. The Bertz CT molecular complexity index is 386. The van der Waals surface area contributed by atoms with Crippen molar-refractivity contribution in [2.75, 3.05) is 5.73 Å². The molecule has 0 spiro atoms. The van der Waals surface area contributed by atoms with Gasteiger partial charge in [0.1, 0.15) is 5.82 Å². The minimum Gasteiger partial charge on any atom is -0.383 e. The molecule has 0 unspecified atom stereocenters. The van der Waals surface area contributed by atoms with Gasteiger partial charge < -0.3 is 5.73 Å². The quantitative estimate of drug-likeness (QED) is 0.581. The molecule has 0 aromatic carbocycles. The zero-order valence-electron chi connectivity index (χ0n) is 7.29. The van der Waals surface area contributed by atoms with Gasteiger partial charge in [0, 0.05) is 14.0 Å². The molecule has 0 saturated heterocycles. The van der Waals surface area contributed by atoms with Crippen LogP contribution >= 0.6 is 0 Å². The van der Waals surface area contributed by atoms with Crippen molar-refractivity contribution in [2.45, 2.75) is 13.8 Å². The lowest BCUT2D eigenvalue weighted by atomic mass is 10.4. The summed E-state index contributed by atoms with van der Waals surface area (Å²) < 4.78 is 2.35. The smallest absolute Gasteiger partial charge is 0.271 e. The fraction of sp³-hybridized carbons (Fsp3) is 0.429. The largest absolute Gasteiger partial charge is 0.383 e. The van der Waals surface area contributed by atoms with Crippen LogP contribution in [0.2, 0.25) is 0 Å². The molecule has 0 fully saturated rings. The average molecular weight is 169 g/mol. The van der Waals surface area contributed by atoms with Crippen LogP contribution in [0.1, 0.15) is 17.3 Å². The number of carbonyl (C=O) groups is 1. The first kappa shape index (κ1) is 8.58. The Labute approximate surface area is 69.4 Å². The van der Waals surface area contributed by atoms with Gasteiger partial charge in [0.15, 0.2) is 0 Å². The Kier molecular flexibility index (Phi) is 1.79. The lowest BCUT2D eigenvalue weighted by Crippen LogP contribution is -2.23. The zero-order valence-corrected chi connectivity index (χ0v) is 7.29. The van der Waals surface area contributed by atoms with E-state index in [-0.39, 0.29) is 17.3 Å². The number of nitrogen functional groups attached to an aromatic ring is 1. The van der Waals surface area contributed by atoms with Crippen molar-refractivity contribution in [3.05, 3.63) is 15.9 Å². The van der Waals surface area contributed by atoms with E-state index < -0.39 is 0 Å². The number of nitrogens with zero attached hydrogens (tertiary/aromatic N) is 2. The van der Waals surface area contributed by atoms with E-state index in [1.165, 1.54) is 18.7 Å². The maximum atomic E-state index is 11.2. The maximum Gasteiger partial charge on any atom is 0.271 e. The minimum atomic E-state index is -0.264. The van der Waals surface area contributed by atoms with Crippen molar-refractivity contribution in [3.8, 4) is 0 Å². The van der Waals surface area contributed by atoms with Crippen LogP contribution in [0.15, 0.2) is 4.79 Å². The summed E-state index contributed by atoms with van der Waals surface area (Å²) in [7, 11) is 1.51. The topological polar surface area (TPSA) is 70.0 Å². The normalized spacial score (nSPS) is 10.2. The third-order valence-corrected chi connectivity index (χ3v) is 1.83. The molecular formula is C7H11N3O2. The molecule has 12 heavy (non-hydrogen) atoms. The Morgan fingerprint density at radius 3 is 2.17 bits per heavy atom. The van der Waals surface area contributed by atoms with Crippen molar-refractivity contribution in [1.82, 2.24) is 9.36 Å². The molecule has 5 nitrogen and oxygen atoms in total. The number of anilines is 1. The van der Waals surface area contributed by atoms with E-state index in [0.29, 0.717) is 5.56 Å². The molecule has 5 heteroatoms. The molecule has 0 amide bonds. The molecular weight excluding hydrogens is 158 g/mol. The molecule has 0 saturated carbocycles. The van der Waals surface area contributed by atoms with Gasteiger partial charge in [0.25, 0.3) is 5.56 Å². The summed E-state index contributed by atoms with van der Waals surface area (Å²) in [5.74, 6) is -0.0461. The van der Waals surface area contributed by atoms with E-state index in [0.717, 1.165) is 4.68 Å². The van der Waals surface area contributed by atoms with E-state index in [1.807, 2.05) is 0 Å². The summed E-state index contributed by atoms with van der Waals surface area (Å²) in [6.07, 6.45) is 0. The molecule has 0 aliphatic carbocycles. The zero-order chi connectivity index (χ0) is 9.46. The highest BCUT2D eigenvalue weighted by molar-refractivity contribution is 5.79. The molecule has 0 radical (unpaired) electrons. The van der Waals surface area contributed by atoms with Crippen LogP contribution in [0, 0.1) is 6.92 Å². The van der Waals surface area contributed by atoms with Crippen LogP contribution in [0.4, 0.5) is 5.82 Å². The van der Waals surface area contributed by atoms with Crippen molar-refractivity contribution >= 4 is 11.7 Å². The predicted molar refractivity (Wildman–Crippen MR) is 45.1 cm³/mol. The van der Waals surface area contributed by atoms with E-state index >= 15 is 0 Å². The second-order valence-electron chi connectivity index (χ2n) is 2.67. The predicted octanol–water partition coefficient (Wildman–Crippen LogP) is -0.262. The maximum absolute atomic E-state index is 11.2. The second-order valence-corrected chi connectivity index (χ2v) is 2.67. The Morgan fingerprint density at radius 1 is 1.50 bits per heavy atom. The molecule has 1 rings (SSSR count). The molecule has 0 bridgehead atoms. The highest BCUT2D eigenvalue weighted by atomic mass is 16.2. The van der Waals surface area contributed by atoms with Crippen LogP contribution in [0.25, 0.3) is 0 Å². The monoisotopic (exact) mass is 169 g/mol. The SMILES string of the molecule is CC(=O)n1c(N)c(C)c(=O)n1C. The standard InChI is InChI=1S/C7H11N3O2/c1-4-6(8)10(5(2)11)9(3)7(4)12/h8H2,1-3H3. The number of hydrogen-bond acceptors (Lipinski definition) is 3. The molecule has 1 aromatic rings. The van der Waals surface area contributed by atoms with Crippen molar-refractivity contribution in [3.63, 3.8) is 0 Å². The number of hydrogen-bond donors (Lipinski definition) is 1. The van der Waals surface area contributed by atoms with Crippen molar-refractivity contribution in [1.29, 1.82) is 0 Å². The average Bonchev–Trinajstić information content (AvgIpc) is 2.16. The fourth-order valence-corrected chi connectivity index (χ4v) is 1.14. The molecule has 2 N–H and O–H groups in total.